The second kappa shape index (κ2) is 12.3. The molecule has 1 saturated carbocycles. The highest BCUT2D eigenvalue weighted by atomic mass is 35.5. The van der Waals surface area contributed by atoms with Crippen molar-refractivity contribution in [2.75, 3.05) is 12.0 Å². The van der Waals surface area contributed by atoms with E-state index in [0.717, 1.165) is 0 Å². The first kappa shape index (κ1) is 34.3. The Balaban J connectivity index is 1.44. The fraction of sp³-hybridized carbons (Fsp3) is 0.343. The summed E-state index contributed by atoms with van der Waals surface area (Å²) in [6.07, 6.45) is -1.69. The Bertz CT molecular complexity index is 1990. The molecule has 260 valence electrons. The van der Waals surface area contributed by atoms with Gasteiger partial charge in [0.15, 0.2) is 5.82 Å². The molecule has 0 spiro atoms. The summed E-state index contributed by atoms with van der Waals surface area (Å²) < 4.78 is 40.2. The number of anilines is 1. The van der Waals surface area contributed by atoms with Gasteiger partial charge >= 0.3 is 6.18 Å². The molecule has 2 N–H and O–H groups in total. The molecule has 0 unspecified atom stereocenters. The third-order valence-corrected chi connectivity index (χ3v) is 11.2. The third kappa shape index (κ3) is 5.09. The van der Waals surface area contributed by atoms with Gasteiger partial charge in [-0.3, -0.25) is 29.5 Å². The molecule has 3 fully saturated rings. The number of hydrogen-bond acceptors (Lipinski definition) is 7. The van der Waals surface area contributed by atoms with Gasteiger partial charge in [-0.1, -0.05) is 65.5 Å². The molecule has 0 bridgehead atoms. The van der Waals surface area contributed by atoms with E-state index in [9.17, 15) is 32.7 Å². The highest BCUT2D eigenvalue weighted by molar-refractivity contribution is 6.33. The van der Waals surface area contributed by atoms with Crippen LogP contribution in [0.25, 0.3) is 0 Å². The van der Waals surface area contributed by atoms with E-state index in [1.807, 2.05) is 13.0 Å². The van der Waals surface area contributed by atoms with Crippen molar-refractivity contribution in [1.29, 1.82) is 0 Å². The average Bonchev–Trinajstić information content (AvgIpc) is 3.44. The van der Waals surface area contributed by atoms with E-state index in [1.165, 1.54) is 23.1 Å². The van der Waals surface area contributed by atoms with Crippen molar-refractivity contribution in [2.45, 2.75) is 43.7 Å². The van der Waals surface area contributed by atoms with Gasteiger partial charge in [-0.15, -0.1) is 0 Å². The Morgan fingerprint density at radius 1 is 0.960 bits per heavy atom. The molecule has 2 aliphatic heterocycles. The van der Waals surface area contributed by atoms with Crippen LogP contribution in [0.1, 0.15) is 48.8 Å². The van der Waals surface area contributed by atoms with Gasteiger partial charge in [0.1, 0.15) is 5.75 Å². The number of aromatic nitrogens is 1. The van der Waals surface area contributed by atoms with Crippen molar-refractivity contribution >= 4 is 64.2 Å². The minimum absolute atomic E-state index is 0.0383. The van der Waals surface area contributed by atoms with E-state index < -0.39 is 63.6 Å². The van der Waals surface area contributed by atoms with Crippen LogP contribution in [0.4, 0.5) is 19.0 Å². The summed E-state index contributed by atoms with van der Waals surface area (Å²) in [5, 5.41) is 12.2. The van der Waals surface area contributed by atoms with E-state index in [4.69, 9.17) is 34.8 Å². The summed E-state index contributed by atoms with van der Waals surface area (Å²) in [7, 11) is 0. The number of likely N-dealkylation sites (tertiary alicyclic amines) is 1. The number of fused-ring (bicyclic) bond motifs is 4. The first-order chi connectivity index (χ1) is 23.7. The van der Waals surface area contributed by atoms with Gasteiger partial charge in [0, 0.05) is 34.3 Å². The highest BCUT2D eigenvalue weighted by Gasteiger charge is 2.70. The molecule has 0 radical (unpaired) electrons. The van der Waals surface area contributed by atoms with Gasteiger partial charge in [-0.05, 0) is 67.1 Å². The number of rotatable bonds is 6. The van der Waals surface area contributed by atoms with Crippen LogP contribution in [0.5, 0.6) is 5.75 Å². The number of carbonyl (C=O) groups excluding carboxylic acids is 4. The number of pyridine rings is 1. The molecule has 4 amide bonds. The van der Waals surface area contributed by atoms with Gasteiger partial charge in [-0.2, -0.15) is 18.2 Å². The van der Waals surface area contributed by atoms with Crippen molar-refractivity contribution in [1.82, 2.24) is 14.9 Å². The molecule has 9 nitrogen and oxygen atoms in total. The van der Waals surface area contributed by atoms with Crippen molar-refractivity contribution in [3.05, 3.63) is 98.1 Å². The van der Waals surface area contributed by atoms with Crippen molar-refractivity contribution < 1.29 is 37.5 Å². The lowest BCUT2D eigenvalue weighted by atomic mass is 9.49. The maximum Gasteiger partial charge on any atom is 0.417 e. The minimum Gasteiger partial charge on any atom is -0.508 e. The number of phenols is 1. The van der Waals surface area contributed by atoms with Gasteiger partial charge in [-0.25, -0.2) is 4.98 Å². The lowest BCUT2D eigenvalue weighted by Crippen LogP contribution is -2.53. The number of amides is 4. The lowest BCUT2D eigenvalue weighted by Gasteiger charge is -2.50. The summed E-state index contributed by atoms with van der Waals surface area (Å²) in [5.41, 5.74) is 0.804. The Labute approximate surface area is 299 Å². The number of phenolic OH excluding ortho intramolecular Hbond substituents is 1. The van der Waals surface area contributed by atoms with Crippen molar-refractivity contribution in [2.24, 2.45) is 23.7 Å². The van der Waals surface area contributed by atoms with Crippen molar-refractivity contribution in [3.8, 4) is 5.75 Å². The zero-order chi connectivity index (χ0) is 35.9. The lowest BCUT2D eigenvalue weighted by molar-refractivity contribution is -0.141. The van der Waals surface area contributed by atoms with Crippen LogP contribution in [0, 0.1) is 23.7 Å². The second-order valence-electron chi connectivity index (χ2n) is 12.9. The monoisotopic (exact) mass is 746 g/mol. The van der Waals surface area contributed by atoms with E-state index in [2.05, 4.69) is 10.4 Å². The first-order valence-corrected chi connectivity index (χ1v) is 17.0. The second-order valence-corrected chi connectivity index (χ2v) is 14.2. The minimum atomic E-state index is -4.75. The quantitative estimate of drug-likeness (QED) is 0.203. The molecule has 3 heterocycles. The fourth-order valence-electron chi connectivity index (χ4n) is 8.39. The van der Waals surface area contributed by atoms with E-state index >= 15 is 4.79 Å². The van der Waals surface area contributed by atoms with Crippen LogP contribution in [0.2, 0.25) is 15.1 Å². The normalized spacial score (nSPS) is 27.7. The maximum atomic E-state index is 15.1. The van der Waals surface area contributed by atoms with Crippen LogP contribution < -0.4 is 5.43 Å². The standard InChI is InChI=1S/C35H28Cl3F3N4O5/c1-2-11-44-30(47)21-9-8-20-22(27(21)32(44)49)14-24-31(48)45(43-29-25(38)12-17(15-42-29)35(39,40)41)33(50)34(24,16-3-5-18(36)6-4-16)28(20)23-13-19(37)7-10-26(23)46/h3-8,10,12-13,15,21-22,24,27-28,46H,2,9,11,14H2,1H3,(H,42,43)/t21-,22+,24-,27-,28+,34+/m0/s1. The predicted molar refractivity (Wildman–Crippen MR) is 177 cm³/mol. The topological polar surface area (TPSA) is 120 Å². The number of benzene rings is 2. The zero-order valence-corrected chi connectivity index (χ0v) is 28.4. The number of aromatic hydroxyl groups is 1. The molecule has 2 aromatic carbocycles. The van der Waals surface area contributed by atoms with Gasteiger partial charge < -0.3 is 5.11 Å². The van der Waals surface area contributed by atoms with E-state index in [1.54, 1.807) is 24.3 Å². The summed E-state index contributed by atoms with van der Waals surface area (Å²) >= 11 is 19.0. The maximum absolute atomic E-state index is 15.1. The average molecular weight is 748 g/mol. The summed E-state index contributed by atoms with van der Waals surface area (Å²) in [4.78, 5) is 62.2. The number of nitrogens with zero attached hydrogens (tertiary/aromatic N) is 3. The Kier molecular flexibility index (Phi) is 8.43. The first-order valence-electron chi connectivity index (χ1n) is 15.9. The predicted octanol–water partition coefficient (Wildman–Crippen LogP) is 7.16. The molecule has 4 aliphatic rings. The zero-order valence-electron chi connectivity index (χ0n) is 26.2. The molecule has 7 rings (SSSR count). The third-order valence-electron chi connectivity index (χ3n) is 10.4. The molecule has 6 atom stereocenters. The Hall–Kier alpha value is -4.13. The molecule has 50 heavy (non-hydrogen) atoms. The smallest absolute Gasteiger partial charge is 0.417 e. The van der Waals surface area contributed by atoms with Gasteiger partial charge in [0.2, 0.25) is 11.8 Å². The van der Waals surface area contributed by atoms with E-state index in [-0.39, 0.29) is 53.4 Å². The molecular formula is C35H28Cl3F3N4O5. The number of allylic oxidation sites excluding steroid dienone is 2. The van der Waals surface area contributed by atoms with Crippen LogP contribution >= 0.6 is 34.8 Å². The highest BCUT2D eigenvalue weighted by Crippen LogP contribution is 2.65. The van der Waals surface area contributed by atoms with E-state index in [0.29, 0.717) is 39.9 Å². The van der Waals surface area contributed by atoms with Crippen LogP contribution in [0.3, 0.4) is 0 Å². The van der Waals surface area contributed by atoms with Crippen LogP contribution in [-0.4, -0.2) is 50.2 Å². The SMILES string of the molecule is CCCN1C(=O)[C@H]2[C@H](CC=C3[C@H]2C[C@H]2C(=O)N(Nc4ncc(C(F)(F)F)cc4Cl)C(=O)[C@@]2(c2ccc(Cl)cc2)[C@H]3c2cc(Cl)ccc2O)C1=O. The molecule has 1 aromatic heterocycles. The van der Waals surface area contributed by atoms with Gasteiger partial charge in [0.05, 0.1) is 33.8 Å². The van der Waals surface area contributed by atoms with Gasteiger partial charge in [0.25, 0.3) is 11.8 Å². The molecule has 15 heteroatoms. The molecular weight excluding hydrogens is 720 g/mol. The number of hydrogen-bond donors (Lipinski definition) is 2. The Morgan fingerprint density at radius 3 is 2.32 bits per heavy atom. The fourth-order valence-corrected chi connectivity index (χ4v) is 8.91. The summed E-state index contributed by atoms with van der Waals surface area (Å²) in [6, 6.07) is 11.3. The number of halogens is 6. The summed E-state index contributed by atoms with van der Waals surface area (Å²) in [6.45, 7) is 2.09. The van der Waals surface area contributed by atoms with Crippen molar-refractivity contribution in [3.63, 3.8) is 0 Å². The van der Waals surface area contributed by atoms with Crippen LogP contribution in [-0.2, 0) is 30.8 Å². The number of carbonyl (C=O) groups is 4. The summed E-state index contributed by atoms with van der Waals surface area (Å²) in [5.74, 6) is -7.31. The Morgan fingerprint density at radius 2 is 1.66 bits per heavy atom. The number of nitrogens with one attached hydrogen (secondary N) is 1. The largest absolute Gasteiger partial charge is 0.508 e. The number of imide groups is 2. The van der Waals surface area contributed by atoms with Crippen LogP contribution in [0.15, 0.2) is 66.4 Å². The molecule has 3 aromatic rings. The molecule has 2 saturated heterocycles. The number of alkyl halides is 3. The number of hydrazine groups is 1. The molecule has 2 aliphatic carbocycles.